The van der Waals surface area contributed by atoms with Gasteiger partial charge in [-0.1, -0.05) is 18.2 Å². The van der Waals surface area contributed by atoms with Gasteiger partial charge >= 0.3 is 0 Å². The zero-order chi connectivity index (χ0) is 16.0. The van der Waals surface area contributed by atoms with Crippen molar-refractivity contribution in [1.29, 1.82) is 0 Å². The van der Waals surface area contributed by atoms with E-state index in [-0.39, 0.29) is 54.4 Å². The van der Waals surface area contributed by atoms with Gasteiger partial charge in [-0.15, -0.1) is 0 Å². The third-order valence-electron chi connectivity index (χ3n) is 5.06. The maximum absolute atomic E-state index is 12.5. The molecule has 1 aromatic heterocycles. The summed E-state index contributed by atoms with van der Waals surface area (Å²) in [5, 5.41) is 2.66. The Morgan fingerprint density at radius 2 is 1.87 bits per heavy atom. The number of anilines is 1. The van der Waals surface area contributed by atoms with Gasteiger partial charge in [0.25, 0.3) is 0 Å². The molecule has 0 radical (unpaired) electrons. The lowest BCUT2D eigenvalue weighted by molar-refractivity contribution is -0.140. The largest absolute Gasteiger partial charge is 0.311 e. The second-order valence-corrected chi connectivity index (χ2v) is 6.34. The number of rotatable bonds is 4. The van der Waals surface area contributed by atoms with Crippen LogP contribution in [0.4, 0.5) is 5.82 Å². The lowest BCUT2D eigenvalue weighted by Gasteiger charge is -2.16. The van der Waals surface area contributed by atoms with Crippen molar-refractivity contribution >= 4 is 23.5 Å². The van der Waals surface area contributed by atoms with Crippen LogP contribution in [-0.2, 0) is 14.4 Å². The number of hydrogen-bond acceptors (Lipinski definition) is 4. The van der Waals surface area contributed by atoms with Crippen LogP contribution in [0.2, 0.25) is 0 Å². The first kappa shape index (κ1) is 14.1. The van der Waals surface area contributed by atoms with Gasteiger partial charge < -0.3 is 5.32 Å². The summed E-state index contributed by atoms with van der Waals surface area (Å²) in [6.45, 7) is 0.142. The van der Waals surface area contributed by atoms with Crippen molar-refractivity contribution in [3.63, 3.8) is 0 Å². The number of hydrogen-bond donors (Lipinski definition) is 1. The number of likely N-dealkylation sites (tertiary alicyclic amines) is 1. The molecule has 1 N–H and O–H groups in total. The van der Waals surface area contributed by atoms with Gasteiger partial charge in [0.1, 0.15) is 5.82 Å². The zero-order valence-corrected chi connectivity index (χ0v) is 12.5. The highest BCUT2D eigenvalue weighted by Crippen LogP contribution is 2.52. The minimum absolute atomic E-state index is 0.0935. The van der Waals surface area contributed by atoms with E-state index in [1.807, 2.05) is 0 Å². The molecule has 2 aliphatic carbocycles. The van der Waals surface area contributed by atoms with Gasteiger partial charge in [-0.05, 0) is 30.4 Å². The first-order chi connectivity index (χ1) is 11.1. The predicted molar refractivity (Wildman–Crippen MR) is 81.9 cm³/mol. The van der Waals surface area contributed by atoms with Crippen LogP contribution in [0.15, 0.2) is 36.5 Å². The van der Waals surface area contributed by atoms with Crippen molar-refractivity contribution < 1.29 is 14.4 Å². The smallest absolute Gasteiger partial charge is 0.233 e. The number of imide groups is 1. The fourth-order valence-corrected chi connectivity index (χ4v) is 4.04. The number of fused-ring (bicyclic) bond motifs is 5. The number of allylic oxidation sites excluding steroid dienone is 2. The van der Waals surface area contributed by atoms with Gasteiger partial charge in [0, 0.05) is 19.2 Å². The monoisotopic (exact) mass is 311 g/mol. The molecule has 118 valence electrons. The van der Waals surface area contributed by atoms with Crippen molar-refractivity contribution in [3.8, 4) is 0 Å². The van der Waals surface area contributed by atoms with E-state index < -0.39 is 0 Å². The number of carbonyl (C=O) groups is 3. The summed E-state index contributed by atoms with van der Waals surface area (Å²) in [4.78, 5) is 42.2. The van der Waals surface area contributed by atoms with Crippen LogP contribution < -0.4 is 5.32 Å². The average Bonchev–Trinajstić information content (AvgIpc) is 3.22. The molecule has 6 nitrogen and oxygen atoms in total. The second-order valence-electron chi connectivity index (χ2n) is 6.34. The van der Waals surface area contributed by atoms with E-state index in [1.54, 1.807) is 24.4 Å². The molecule has 1 aromatic rings. The molecule has 3 aliphatic rings. The Balaban J connectivity index is 1.38. The first-order valence-corrected chi connectivity index (χ1v) is 7.89. The summed E-state index contributed by atoms with van der Waals surface area (Å²) in [5.74, 6) is 0.0124. The highest BCUT2D eigenvalue weighted by atomic mass is 16.2. The molecule has 1 saturated carbocycles. The van der Waals surface area contributed by atoms with Crippen LogP contribution in [0.5, 0.6) is 0 Å². The van der Waals surface area contributed by atoms with Gasteiger partial charge in [0.2, 0.25) is 17.7 Å². The quantitative estimate of drug-likeness (QED) is 0.670. The fraction of sp³-hybridized carbons (Fsp3) is 0.412. The summed E-state index contributed by atoms with van der Waals surface area (Å²) in [6.07, 6.45) is 6.73. The normalized spacial score (nSPS) is 30.9. The average molecular weight is 311 g/mol. The van der Waals surface area contributed by atoms with Crippen molar-refractivity contribution in [2.75, 3.05) is 11.9 Å². The number of aromatic nitrogens is 1. The molecule has 2 bridgehead atoms. The molecule has 3 amide bonds. The van der Waals surface area contributed by atoms with E-state index in [9.17, 15) is 14.4 Å². The Morgan fingerprint density at radius 1 is 1.17 bits per heavy atom. The zero-order valence-electron chi connectivity index (χ0n) is 12.5. The topological polar surface area (TPSA) is 79.4 Å². The Hall–Kier alpha value is -2.50. The number of nitrogens with one attached hydrogen (secondary N) is 1. The molecule has 2 heterocycles. The van der Waals surface area contributed by atoms with Gasteiger partial charge in [0.15, 0.2) is 0 Å². The third kappa shape index (κ3) is 2.25. The van der Waals surface area contributed by atoms with Crippen molar-refractivity contribution in [2.45, 2.75) is 12.8 Å². The van der Waals surface area contributed by atoms with E-state index in [2.05, 4.69) is 22.5 Å². The number of nitrogens with zero attached hydrogens (tertiary/aromatic N) is 2. The van der Waals surface area contributed by atoms with Gasteiger partial charge in [-0.2, -0.15) is 0 Å². The lowest BCUT2D eigenvalue weighted by Crippen LogP contribution is -2.35. The molecule has 4 atom stereocenters. The standard InChI is InChI=1S/C17H17N3O3/c21-13(19-12-3-1-2-7-18-12)6-8-20-16(22)14-10-4-5-11(9-10)15(14)17(20)23/h1-5,7,10-11,14-15H,6,8-9H2,(H,18,19,21)/t10-,11+,14-,15+. The highest BCUT2D eigenvalue weighted by molar-refractivity contribution is 6.06. The predicted octanol–water partition coefficient (Wildman–Crippen LogP) is 1.22. The van der Waals surface area contributed by atoms with Crippen molar-refractivity contribution in [3.05, 3.63) is 36.5 Å². The minimum atomic E-state index is -0.248. The molecule has 2 fully saturated rings. The third-order valence-corrected chi connectivity index (χ3v) is 5.06. The maximum atomic E-state index is 12.5. The van der Waals surface area contributed by atoms with Crippen LogP contribution in [0.1, 0.15) is 12.8 Å². The molecule has 0 spiro atoms. The Bertz CT molecular complexity index is 670. The van der Waals surface area contributed by atoms with E-state index >= 15 is 0 Å². The Labute approximate surface area is 133 Å². The summed E-state index contributed by atoms with van der Waals surface area (Å²) >= 11 is 0. The lowest BCUT2D eigenvalue weighted by atomic mass is 9.85. The van der Waals surface area contributed by atoms with Gasteiger partial charge in [-0.3, -0.25) is 19.3 Å². The minimum Gasteiger partial charge on any atom is -0.311 e. The van der Waals surface area contributed by atoms with Gasteiger partial charge in [0.05, 0.1) is 11.8 Å². The molecular formula is C17H17N3O3. The van der Waals surface area contributed by atoms with Crippen molar-refractivity contribution in [1.82, 2.24) is 9.88 Å². The molecular weight excluding hydrogens is 294 g/mol. The second kappa shape index (κ2) is 5.30. The van der Waals surface area contributed by atoms with E-state index in [1.165, 1.54) is 4.90 Å². The molecule has 23 heavy (non-hydrogen) atoms. The number of carbonyl (C=O) groups excluding carboxylic acids is 3. The number of pyridine rings is 1. The van der Waals surface area contributed by atoms with Gasteiger partial charge in [-0.25, -0.2) is 4.98 Å². The first-order valence-electron chi connectivity index (χ1n) is 7.89. The van der Waals surface area contributed by atoms with E-state index in [0.29, 0.717) is 5.82 Å². The summed E-state index contributed by atoms with van der Waals surface area (Å²) in [6, 6.07) is 5.23. The molecule has 0 aromatic carbocycles. The highest BCUT2D eigenvalue weighted by Gasteiger charge is 2.58. The summed E-state index contributed by atoms with van der Waals surface area (Å²) in [7, 11) is 0. The molecule has 1 aliphatic heterocycles. The Kier molecular flexibility index (Phi) is 3.25. The number of amides is 3. The van der Waals surface area contributed by atoms with E-state index in [4.69, 9.17) is 0 Å². The van der Waals surface area contributed by atoms with Crippen LogP contribution in [0.3, 0.4) is 0 Å². The van der Waals surface area contributed by atoms with Crippen LogP contribution in [-0.4, -0.2) is 34.2 Å². The maximum Gasteiger partial charge on any atom is 0.233 e. The summed E-state index contributed by atoms with van der Waals surface area (Å²) in [5.41, 5.74) is 0. The van der Waals surface area contributed by atoms with E-state index in [0.717, 1.165) is 6.42 Å². The summed E-state index contributed by atoms with van der Waals surface area (Å²) < 4.78 is 0. The van der Waals surface area contributed by atoms with Crippen LogP contribution >= 0.6 is 0 Å². The SMILES string of the molecule is O=C(CCN1C(=O)[C@@H]2[C@H](C1=O)[C@@H]1C=C[C@H]2C1)Nc1ccccn1. The Morgan fingerprint density at radius 3 is 2.48 bits per heavy atom. The molecule has 6 heteroatoms. The van der Waals surface area contributed by atoms with Crippen LogP contribution in [0.25, 0.3) is 0 Å². The van der Waals surface area contributed by atoms with Crippen molar-refractivity contribution in [2.24, 2.45) is 23.7 Å². The molecule has 1 saturated heterocycles. The molecule has 0 unspecified atom stereocenters. The fourth-order valence-electron chi connectivity index (χ4n) is 4.04. The van der Waals surface area contributed by atoms with Crippen LogP contribution in [0, 0.1) is 23.7 Å². The molecule has 4 rings (SSSR count).